The second-order valence-corrected chi connectivity index (χ2v) is 7.95. The van der Waals surface area contributed by atoms with Crippen LogP contribution in [0.3, 0.4) is 0 Å². The minimum absolute atomic E-state index is 0.00158. The summed E-state index contributed by atoms with van der Waals surface area (Å²) in [6.07, 6.45) is 4.43. The van der Waals surface area contributed by atoms with E-state index in [0.29, 0.717) is 0 Å². The van der Waals surface area contributed by atoms with Gasteiger partial charge in [0.1, 0.15) is 6.54 Å². The Labute approximate surface area is 171 Å². The third kappa shape index (κ3) is 4.39. The Balaban J connectivity index is 1.42. The van der Waals surface area contributed by atoms with Crippen molar-refractivity contribution in [3.63, 3.8) is 0 Å². The number of aliphatic imine (C=N–C) groups is 1. The van der Waals surface area contributed by atoms with Crippen LogP contribution < -0.4 is 10.2 Å². The summed E-state index contributed by atoms with van der Waals surface area (Å²) in [5, 5.41) is 3.06. The summed E-state index contributed by atoms with van der Waals surface area (Å²) in [5.41, 5.74) is 3.73. The molecule has 5 nitrogen and oxygen atoms in total. The number of hydrogen-bond donors (Lipinski definition) is 1. The van der Waals surface area contributed by atoms with Crippen molar-refractivity contribution in [3.8, 4) is 0 Å². The smallest absolute Gasteiger partial charge is 0.240 e. The van der Waals surface area contributed by atoms with E-state index in [1.165, 1.54) is 5.56 Å². The maximum absolute atomic E-state index is 13.2. The zero-order valence-electron chi connectivity index (χ0n) is 16.8. The Morgan fingerprint density at radius 1 is 1.17 bits per heavy atom. The molecule has 1 N–H and O–H groups in total. The van der Waals surface area contributed by atoms with Crippen LogP contribution in [0.1, 0.15) is 38.2 Å². The van der Waals surface area contributed by atoms with Crippen molar-refractivity contribution in [2.45, 2.75) is 45.1 Å². The van der Waals surface area contributed by atoms with E-state index in [1.54, 1.807) is 4.90 Å². The van der Waals surface area contributed by atoms with E-state index in [-0.39, 0.29) is 30.3 Å². The van der Waals surface area contributed by atoms with Gasteiger partial charge >= 0.3 is 0 Å². The van der Waals surface area contributed by atoms with Gasteiger partial charge in [0.25, 0.3) is 0 Å². The molecule has 4 rings (SSSR count). The fraction of sp³-hybridized carbons (Fsp3) is 0.375. The number of carbonyl (C=O) groups is 2. The third-order valence-electron chi connectivity index (χ3n) is 5.75. The topological polar surface area (TPSA) is 61.8 Å². The highest BCUT2D eigenvalue weighted by molar-refractivity contribution is 6.16. The number of carbonyl (C=O) groups excluding carboxylic acids is 2. The van der Waals surface area contributed by atoms with Crippen LogP contribution in [-0.4, -0.2) is 30.1 Å². The van der Waals surface area contributed by atoms with Crippen molar-refractivity contribution in [1.82, 2.24) is 5.32 Å². The molecule has 0 saturated heterocycles. The van der Waals surface area contributed by atoms with Gasteiger partial charge in [-0.2, -0.15) is 0 Å². The predicted octanol–water partition coefficient (Wildman–Crippen LogP) is 4.04. The molecule has 1 aliphatic carbocycles. The first kappa shape index (κ1) is 19.4. The van der Waals surface area contributed by atoms with E-state index < -0.39 is 0 Å². The lowest BCUT2D eigenvalue weighted by Gasteiger charge is -2.25. The first-order valence-electron chi connectivity index (χ1n) is 10.4. The van der Waals surface area contributed by atoms with Crippen molar-refractivity contribution in [2.75, 3.05) is 11.4 Å². The zero-order valence-corrected chi connectivity index (χ0v) is 16.8. The average molecular weight is 389 g/mol. The molecule has 150 valence electrons. The number of para-hydroxylation sites is 2. The number of hydrogen-bond acceptors (Lipinski definition) is 3. The van der Waals surface area contributed by atoms with Crippen LogP contribution in [0.2, 0.25) is 0 Å². The first-order valence-corrected chi connectivity index (χ1v) is 10.4. The van der Waals surface area contributed by atoms with Gasteiger partial charge in [-0.1, -0.05) is 42.5 Å². The van der Waals surface area contributed by atoms with Gasteiger partial charge < -0.3 is 10.2 Å². The fourth-order valence-corrected chi connectivity index (χ4v) is 4.20. The van der Waals surface area contributed by atoms with Crippen LogP contribution in [0, 0.1) is 5.92 Å². The van der Waals surface area contributed by atoms with Gasteiger partial charge in [-0.25, -0.2) is 0 Å². The minimum atomic E-state index is -0.189. The molecule has 2 aliphatic rings. The zero-order chi connectivity index (χ0) is 20.2. The van der Waals surface area contributed by atoms with Crippen LogP contribution in [-0.2, 0) is 16.0 Å². The first-order chi connectivity index (χ1) is 14.1. The lowest BCUT2D eigenvalue weighted by molar-refractivity contribution is -0.125. The number of rotatable bonds is 6. The summed E-state index contributed by atoms with van der Waals surface area (Å²) < 4.78 is 0. The molecular formula is C24H27N3O2. The number of amides is 2. The fourth-order valence-electron chi connectivity index (χ4n) is 4.20. The number of aryl methyl sites for hydroxylation is 1. The Morgan fingerprint density at radius 3 is 2.76 bits per heavy atom. The van der Waals surface area contributed by atoms with Crippen molar-refractivity contribution < 1.29 is 9.59 Å². The molecule has 1 heterocycles. The van der Waals surface area contributed by atoms with E-state index in [2.05, 4.69) is 17.4 Å². The highest BCUT2D eigenvalue weighted by Crippen LogP contribution is 2.37. The molecule has 29 heavy (non-hydrogen) atoms. The predicted molar refractivity (Wildman–Crippen MR) is 116 cm³/mol. The Hall–Kier alpha value is -2.95. The van der Waals surface area contributed by atoms with Gasteiger partial charge in [0, 0.05) is 11.8 Å². The van der Waals surface area contributed by atoms with Crippen molar-refractivity contribution in [2.24, 2.45) is 10.9 Å². The van der Waals surface area contributed by atoms with Gasteiger partial charge in [-0.3, -0.25) is 14.6 Å². The molecular weight excluding hydrogens is 362 g/mol. The van der Waals surface area contributed by atoms with Crippen LogP contribution >= 0.6 is 0 Å². The van der Waals surface area contributed by atoms with Gasteiger partial charge in [-0.15, -0.1) is 0 Å². The monoisotopic (exact) mass is 389 g/mol. The van der Waals surface area contributed by atoms with E-state index >= 15 is 0 Å². The van der Waals surface area contributed by atoms with Crippen LogP contribution in [0.25, 0.3) is 0 Å². The average Bonchev–Trinajstić information content (AvgIpc) is 3.16. The van der Waals surface area contributed by atoms with Gasteiger partial charge in [0.2, 0.25) is 11.8 Å². The summed E-state index contributed by atoms with van der Waals surface area (Å²) in [5.74, 6) is -0.320. The summed E-state index contributed by atoms with van der Waals surface area (Å²) in [6, 6.07) is 17.9. The quantitative estimate of drug-likeness (QED) is 0.810. The Bertz CT molecular complexity index is 923. The molecule has 2 aromatic carbocycles. The Morgan fingerprint density at radius 2 is 1.93 bits per heavy atom. The van der Waals surface area contributed by atoms with Crippen LogP contribution in [0.15, 0.2) is 59.6 Å². The molecule has 1 aliphatic heterocycles. The second-order valence-electron chi connectivity index (χ2n) is 7.95. The maximum atomic E-state index is 13.2. The molecule has 0 bridgehead atoms. The van der Waals surface area contributed by atoms with E-state index in [1.807, 2.05) is 49.4 Å². The molecule has 1 saturated carbocycles. The molecule has 2 unspecified atom stereocenters. The molecule has 2 atom stereocenters. The highest BCUT2D eigenvalue weighted by Gasteiger charge is 2.37. The lowest BCUT2D eigenvalue weighted by atomic mass is 10.0. The van der Waals surface area contributed by atoms with Gasteiger partial charge in [-0.05, 0) is 56.7 Å². The van der Waals surface area contributed by atoms with E-state index in [0.717, 1.165) is 49.2 Å². The number of fused-ring (bicyclic) bond motifs is 2. The number of anilines is 1. The SMILES string of the molecule is CC(CCc1ccccc1)NC(=O)CN1C(=O)C2CCCC2=Nc2ccccc21. The van der Waals surface area contributed by atoms with Crippen molar-refractivity contribution in [1.29, 1.82) is 0 Å². The summed E-state index contributed by atoms with van der Waals surface area (Å²) in [7, 11) is 0. The maximum Gasteiger partial charge on any atom is 0.240 e. The van der Waals surface area contributed by atoms with Crippen LogP contribution in [0.5, 0.6) is 0 Å². The molecule has 1 fully saturated rings. The summed E-state index contributed by atoms with van der Waals surface area (Å²) in [4.78, 5) is 32.3. The number of nitrogens with one attached hydrogen (secondary N) is 1. The molecule has 2 amide bonds. The van der Waals surface area contributed by atoms with Gasteiger partial charge in [0.05, 0.1) is 17.3 Å². The largest absolute Gasteiger partial charge is 0.352 e. The standard InChI is InChI=1S/C24H27N3O2/c1-17(14-15-18-8-3-2-4-9-18)25-23(28)16-27-22-13-6-5-11-21(22)26-20-12-7-10-19(20)24(27)29/h2-6,8-9,11,13,17,19H,7,10,12,14-16H2,1H3,(H,25,28). The Kier molecular flexibility index (Phi) is 5.74. The van der Waals surface area contributed by atoms with Crippen molar-refractivity contribution in [3.05, 3.63) is 60.2 Å². The van der Waals surface area contributed by atoms with E-state index in [9.17, 15) is 9.59 Å². The molecule has 2 aromatic rings. The number of nitrogens with zero attached hydrogens (tertiary/aromatic N) is 2. The molecule has 5 heteroatoms. The lowest BCUT2D eigenvalue weighted by Crippen LogP contribution is -2.45. The van der Waals surface area contributed by atoms with Crippen molar-refractivity contribution >= 4 is 28.9 Å². The minimum Gasteiger partial charge on any atom is -0.352 e. The van der Waals surface area contributed by atoms with Crippen LogP contribution in [0.4, 0.5) is 11.4 Å². The normalized spacial score (nSPS) is 19.1. The molecule has 0 radical (unpaired) electrons. The summed E-state index contributed by atoms with van der Waals surface area (Å²) >= 11 is 0. The third-order valence-corrected chi connectivity index (χ3v) is 5.75. The molecule has 0 spiro atoms. The van der Waals surface area contributed by atoms with E-state index in [4.69, 9.17) is 4.99 Å². The molecule has 0 aromatic heterocycles. The summed E-state index contributed by atoms with van der Waals surface area (Å²) in [6.45, 7) is 2.04. The second kappa shape index (κ2) is 8.60. The van der Waals surface area contributed by atoms with Gasteiger partial charge in [0.15, 0.2) is 0 Å². The highest BCUT2D eigenvalue weighted by atomic mass is 16.2. The number of benzene rings is 2.